The molecule has 44 heavy (non-hydrogen) atoms. The highest BCUT2D eigenvalue weighted by molar-refractivity contribution is 6.01. The SMILES string of the molecule is CCc1c(F)ccc2cc(O)cc(-c3ncc4c(N5CCCC(C(=O)O)CC5)nc(OCC5(CN(C)C)CC5)nc4c3F)c12. The van der Waals surface area contributed by atoms with E-state index in [9.17, 15) is 19.4 Å². The van der Waals surface area contributed by atoms with Crippen LogP contribution in [0.1, 0.15) is 44.6 Å². The summed E-state index contributed by atoms with van der Waals surface area (Å²) in [6, 6.07) is 5.86. The number of carboxylic acids is 1. The van der Waals surface area contributed by atoms with E-state index < -0.39 is 23.5 Å². The number of nitrogens with zero attached hydrogens (tertiary/aromatic N) is 5. The first-order valence-corrected chi connectivity index (χ1v) is 15.1. The summed E-state index contributed by atoms with van der Waals surface area (Å²) in [5.74, 6) is -2.09. The van der Waals surface area contributed by atoms with Gasteiger partial charge < -0.3 is 24.7 Å². The van der Waals surface area contributed by atoms with Crippen LogP contribution in [0.5, 0.6) is 11.8 Å². The van der Waals surface area contributed by atoms with Crippen LogP contribution in [0.25, 0.3) is 32.9 Å². The number of aromatic hydroxyl groups is 1. The lowest BCUT2D eigenvalue weighted by Crippen LogP contribution is -2.29. The van der Waals surface area contributed by atoms with Crippen LogP contribution in [0.15, 0.2) is 30.5 Å². The van der Waals surface area contributed by atoms with Crippen molar-refractivity contribution < 1.29 is 28.5 Å². The van der Waals surface area contributed by atoms with Crippen LogP contribution >= 0.6 is 0 Å². The number of phenols is 1. The molecule has 2 aliphatic rings. The highest BCUT2D eigenvalue weighted by atomic mass is 19.1. The smallest absolute Gasteiger partial charge is 0.319 e. The van der Waals surface area contributed by atoms with E-state index in [2.05, 4.69) is 14.9 Å². The van der Waals surface area contributed by atoms with Crippen molar-refractivity contribution in [1.82, 2.24) is 19.9 Å². The summed E-state index contributed by atoms with van der Waals surface area (Å²) in [6.07, 6.45) is 5.50. The van der Waals surface area contributed by atoms with Gasteiger partial charge in [0.2, 0.25) is 0 Å². The number of aromatic nitrogens is 3. The van der Waals surface area contributed by atoms with Crippen LogP contribution in [0.3, 0.4) is 0 Å². The van der Waals surface area contributed by atoms with E-state index >= 15 is 4.39 Å². The summed E-state index contributed by atoms with van der Waals surface area (Å²) in [6.45, 7) is 4.01. The van der Waals surface area contributed by atoms with E-state index in [1.54, 1.807) is 6.07 Å². The number of fused-ring (bicyclic) bond motifs is 2. The third kappa shape index (κ3) is 5.72. The van der Waals surface area contributed by atoms with Gasteiger partial charge in [0.1, 0.15) is 28.6 Å². The van der Waals surface area contributed by atoms with E-state index in [0.29, 0.717) is 72.9 Å². The Morgan fingerprint density at radius 1 is 1.16 bits per heavy atom. The van der Waals surface area contributed by atoms with Crippen LogP contribution in [0.2, 0.25) is 0 Å². The van der Waals surface area contributed by atoms with Crippen molar-refractivity contribution in [2.45, 2.75) is 45.4 Å². The predicted molar refractivity (Wildman–Crippen MR) is 164 cm³/mol. The lowest BCUT2D eigenvalue weighted by Gasteiger charge is -2.24. The number of aliphatic carboxylic acids is 1. The van der Waals surface area contributed by atoms with E-state index in [0.717, 1.165) is 19.4 Å². The zero-order valence-electron chi connectivity index (χ0n) is 25.2. The molecule has 232 valence electrons. The van der Waals surface area contributed by atoms with Crippen molar-refractivity contribution in [3.8, 4) is 23.0 Å². The van der Waals surface area contributed by atoms with Gasteiger partial charge in [-0.15, -0.1) is 0 Å². The number of rotatable bonds is 9. The Morgan fingerprint density at radius 2 is 1.95 bits per heavy atom. The minimum atomic E-state index is -0.822. The fraction of sp³-hybridized carbons (Fsp3) is 0.455. The van der Waals surface area contributed by atoms with E-state index in [1.807, 2.05) is 25.9 Å². The van der Waals surface area contributed by atoms with Crippen molar-refractivity contribution >= 4 is 33.5 Å². The highest BCUT2D eigenvalue weighted by Gasteiger charge is 2.44. The number of anilines is 1. The van der Waals surface area contributed by atoms with Crippen molar-refractivity contribution in [2.24, 2.45) is 11.3 Å². The molecule has 0 spiro atoms. The third-order valence-electron chi connectivity index (χ3n) is 8.90. The molecule has 6 rings (SSSR count). The van der Waals surface area contributed by atoms with Gasteiger partial charge in [-0.25, -0.2) is 8.78 Å². The molecule has 0 bridgehead atoms. The Hall–Kier alpha value is -4.12. The van der Waals surface area contributed by atoms with Crippen molar-refractivity contribution in [3.05, 3.63) is 47.7 Å². The van der Waals surface area contributed by atoms with Gasteiger partial charge in [0, 0.05) is 36.8 Å². The van der Waals surface area contributed by atoms with Gasteiger partial charge in [0.15, 0.2) is 5.82 Å². The van der Waals surface area contributed by atoms with Crippen molar-refractivity contribution in [3.63, 3.8) is 0 Å². The van der Waals surface area contributed by atoms with Gasteiger partial charge in [0.05, 0.1) is 17.9 Å². The second kappa shape index (κ2) is 11.8. The molecule has 1 aliphatic carbocycles. The van der Waals surface area contributed by atoms with Crippen molar-refractivity contribution in [2.75, 3.05) is 45.2 Å². The number of phenolic OH excluding ortho intramolecular Hbond substituents is 1. The van der Waals surface area contributed by atoms with Gasteiger partial charge >= 0.3 is 12.0 Å². The molecule has 1 aliphatic heterocycles. The maximum atomic E-state index is 16.7. The Balaban J connectivity index is 1.49. The van der Waals surface area contributed by atoms with E-state index in [-0.39, 0.29) is 33.9 Å². The van der Waals surface area contributed by atoms with E-state index in [4.69, 9.17) is 9.72 Å². The summed E-state index contributed by atoms with van der Waals surface area (Å²) < 4.78 is 37.8. The summed E-state index contributed by atoms with van der Waals surface area (Å²) in [5.41, 5.74) is 0.585. The molecule has 2 aromatic carbocycles. The molecule has 4 aromatic rings. The number of carboxylic acid groups (broad SMARTS) is 1. The molecule has 0 amide bonds. The standard InChI is InChI=1S/C33H37F2N5O4/c1-4-22-25(34)8-7-20-14-21(41)15-23(26(20)22)28-27(35)29-24(16-36-28)30(40-12-5-6-19(9-13-40)31(42)43)38-32(37-29)44-18-33(10-11-33)17-39(2)3/h7-8,14-16,19,41H,4-6,9-13,17-18H2,1-3H3,(H,42,43). The fourth-order valence-corrected chi connectivity index (χ4v) is 6.52. The van der Waals surface area contributed by atoms with Crippen molar-refractivity contribution in [1.29, 1.82) is 0 Å². The first-order chi connectivity index (χ1) is 21.1. The molecule has 1 atom stereocenters. The number of halogens is 2. The van der Waals surface area contributed by atoms with Crippen LogP contribution in [0, 0.1) is 23.0 Å². The normalized spacial score (nSPS) is 18.1. The fourth-order valence-electron chi connectivity index (χ4n) is 6.52. The Labute approximate surface area is 254 Å². The van der Waals surface area contributed by atoms with Gasteiger partial charge in [0.25, 0.3) is 0 Å². The minimum absolute atomic E-state index is 0.00238. The summed E-state index contributed by atoms with van der Waals surface area (Å²) >= 11 is 0. The monoisotopic (exact) mass is 605 g/mol. The van der Waals surface area contributed by atoms with Gasteiger partial charge in [-0.2, -0.15) is 9.97 Å². The second-order valence-corrected chi connectivity index (χ2v) is 12.5. The van der Waals surface area contributed by atoms with Gasteiger partial charge in [-0.1, -0.05) is 13.0 Å². The topological polar surface area (TPSA) is 112 Å². The number of aryl methyl sites for hydroxylation is 1. The second-order valence-electron chi connectivity index (χ2n) is 12.5. The quantitative estimate of drug-likeness (QED) is 0.244. The Morgan fingerprint density at radius 3 is 2.66 bits per heavy atom. The van der Waals surface area contributed by atoms with Gasteiger partial charge in [-0.05, 0) is 87.2 Å². The molecule has 2 N–H and O–H groups in total. The maximum absolute atomic E-state index is 16.7. The average molecular weight is 606 g/mol. The molecule has 1 saturated carbocycles. The number of benzene rings is 2. The van der Waals surface area contributed by atoms with Crippen LogP contribution < -0.4 is 9.64 Å². The summed E-state index contributed by atoms with van der Waals surface area (Å²) in [4.78, 5) is 29.5. The highest BCUT2D eigenvalue weighted by Crippen LogP contribution is 2.46. The third-order valence-corrected chi connectivity index (χ3v) is 8.90. The largest absolute Gasteiger partial charge is 0.508 e. The molecule has 1 unspecified atom stereocenters. The van der Waals surface area contributed by atoms with Gasteiger partial charge in [-0.3, -0.25) is 9.78 Å². The molecular formula is C33H37F2N5O4. The molecule has 2 aromatic heterocycles. The maximum Gasteiger partial charge on any atom is 0.319 e. The Bertz CT molecular complexity index is 1740. The predicted octanol–water partition coefficient (Wildman–Crippen LogP) is 5.80. The number of pyridine rings is 1. The zero-order valence-corrected chi connectivity index (χ0v) is 25.2. The lowest BCUT2D eigenvalue weighted by molar-refractivity contribution is -0.142. The lowest BCUT2D eigenvalue weighted by atomic mass is 9.94. The molecule has 9 nitrogen and oxygen atoms in total. The molecule has 11 heteroatoms. The molecule has 1 saturated heterocycles. The molecular weight excluding hydrogens is 568 g/mol. The number of carbonyl (C=O) groups is 1. The Kier molecular flexibility index (Phi) is 8.00. The number of hydrogen-bond donors (Lipinski definition) is 2. The molecule has 3 heterocycles. The zero-order chi connectivity index (χ0) is 31.2. The summed E-state index contributed by atoms with van der Waals surface area (Å²) in [7, 11) is 4.03. The first kappa shape index (κ1) is 29.9. The van der Waals surface area contributed by atoms with Crippen LogP contribution in [0.4, 0.5) is 14.6 Å². The average Bonchev–Trinajstić information content (AvgIpc) is 3.79. The molecule has 0 radical (unpaired) electrons. The van der Waals surface area contributed by atoms with Crippen LogP contribution in [-0.2, 0) is 11.2 Å². The summed E-state index contributed by atoms with van der Waals surface area (Å²) in [5, 5.41) is 21.6. The molecule has 2 fully saturated rings. The number of ether oxygens (including phenoxy) is 1. The minimum Gasteiger partial charge on any atom is -0.508 e. The first-order valence-electron chi connectivity index (χ1n) is 15.1. The number of hydrogen-bond acceptors (Lipinski definition) is 8. The van der Waals surface area contributed by atoms with E-state index in [1.165, 1.54) is 24.4 Å². The van der Waals surface area contributed by atoms with Crippen LogP contribution in [-0.4, -0.2) is 76.4 Å².